The monoisotopic (exact) mass is 208 g/mol. The highest BCUT2D eigenvalue weighted by Crippen LogP contribution is 2.43. The van der Waals surface area contributed by atoms with E-state index in [-0.39, 0.29) is 11.9 Å². The molecule has 0 aliphatic heterocycles. The van der Waals surface area contributed by atoms with Gasteiger partial charge in [0.05, 0.1) is 0 Å². The van der Waals surface area contributed by atoms with Crippen LogP contribution in [-0.4, -0.2) is 11.6 Å². The Bertz CT molecular complexity index is 302. The third kappa shape index (κ3) is 2.14. The van der Waals surface area contributed by atoms with Crippen LogP contribution in [0.2, 0.25) is 0 Å². The van der Waals surface area contributed by atoms with Crippen molar-refractivity contribution >= 4 is 5.97 Å². The van der Waals surface area contributed by atoms with E-state index in [1.54, 1.807) is 6.92 Å². The van der Waals surface area contributed by atoms with Gasteiger partial charge in [-0.1, -0.05) is 27.0 Å². The molecule has 0 aromatic rings. The van der Waals surface area contributed by atoms with Crippen LogP contribution in [0.5, 0.6) is 0 Å². The first-order valence-electron chi connectivity index (χ1n) is 5.47. The van der Waals surface area contributed by atoms with Crippen molar-refractivity contribution in [2.45, 2.75) is 45.6 Å². The third-order valence-electron chi connectivity index (χ3n) is 3.18. The molecule has 1 aliphatic carbocycles. The van der Waals surface area contributed by atoms with E-state index in [9.17, 15) is 4.79 Å². The van der Waals surface area contributed by atoms with Gasteiger partial charge in [-0.05, 0) is 37.7 Å². The van der Waals surface area contributed by atoms with Crippen LogP contribution >= 0.6 is 0 Å². The molecular formula is C13H20O2. The molecule has 1 unspecified atom stereocenters. The lowest BCUT2D eigenvalue weighted by molar-refractivity contribution is -0.154. The second-order valence-electron chi connectivity index (χ2n) is 4.67. The van der Waals surface area contributed by atoms with Crippen molar-refractivity contribution in [3.8, 4) is 0 Å². The minimum atomic E-state index is -0.448. The van der Waals surface area contributed by atoms with Gasteiger partial charge in [0, 0.05) is 5.57 Å². The molecule has 0 spiro atoms. The number of hydrogen-bond acceptors (Lipinski definition) is 2. The SMILES string of the molecule is C=C(C)C(=O)OC1(C(C)C)CCCC1=C. The van der Waals surface area contributed by atoms with Crippen LogP contribution in [0.3, 0.4) is 0 Å². The first kappa shape index (κ1) is 12.0. The lowest BCUT2D eigenvalue weighted by atomic mass is 9.85. The first-order valence-corrected chi connectivity index (χ1v) is 5.47. The summed E-state index contributed by atoms with van der Waals surface area (Å²) in [6.07, 6.45) is 2.91. The Morgan fingerprint density at radius 1 is 1.53 bits per heavy atom. The van der Waals surface area contributed by atoms with Gasteiger partial charge >= 0.3 is 5.97 Å². The molecule has 0 bridgehead atoms. The summed E-state index contributed by atoms with van der Waals surface area (Å²) in [5, 5.41) is 0. The number of ether oxygens (including phenoxy) is 1. The zero-order valence-corrected chi connectivity index (χ0v) is 9.93. The summed E-state index contributed by atoms with van der Waals surface area (Å²) < 4.78 is 5.60. The number of hydrogen-bond donors (Lipinski definition) is 0. The largest absolute Gasteiger partial charge is 0.451 e. The van der Waals surface area contributed by atoms with E-state index in [4.69, 9.17) is 4.74 Å². The average Bonchev–Trinajstić information content (AvgIpc) is 2.48. The molecule has 1 aliphatic rings. The Balaban J connectivity index is 2.88. The molecule has 1 atom stereocenters. The maximum Gasteiger partial charge on any atom is 0.333 e. The summed E-state index contributed by atoms with van der Waals surface area (Å²) in [4.78, 5) is 11.6. The molecule has 0 aromatic heterocycles. The van der Waals surface area contributed by atoms with Gasteiger partial charge in [-0.2, -0.15) is 0 Å². The smallest absolute Gasteiger partial charge is 0.333 e. The third-order valence-corrected chi connectivity index (χ3v) is 3.18. The summed E-state index contributed by atoms with van der Waals surface area (Å²) in [6.45, 7) is 13.5. The van der Waals surface area contributed by atoms with Crippen LogP contribution in [0.15, 0.2) is 24.3 Å². The van der Waals surface area contributed by atoms with Crippen LogP contribution < -0.4 is 0 Å². The summed E-state index contributed by atoms with van der Waals surface area (Å²) in [5.41, 5.74) is 1.05. The van der Waals surface area contributed by atoms with Crippen molar-refractivity contribution in [3.05, 3.63) is 24.3 Å². The van der Waals surface area contributed by atoms with Gasteiger partial charge in [-0.15, -0.1) is 0 Å². The van der Waals surface area contributed by atoms with Crippen molar-refractivity contribution < 1.29 is 9.53 Å². The number of rotatable bonds is 3. The lowest BCUT2D eigenvalue weighted by Gasteiger charge is -2.34. The van der Waals surface area contributed by atoms with Gasteiger partial charge in [0.2, 0.25) is 0 Å². The summed E-state index contributed by atoms with van der Waals surface area (Å²) in [5.74, 6) is -0.0254. The minimum Gasteiger partial charge on any atom is -0.451 e. The molecule has 0 radical (unpaired) electrons. The normalized spacial score (nSPS) is 25.7. The van der Waals surface area contributed by atoms with Crippen LogP contribution in [0, 0.1) is 5.92 Å². The first-order chi connectivity index (χ1) is 6.90. The molecule has 1 saturated carbocycles. The fraction of sp³-hybridized carbons (Fsp3) is 0.615. The highest BCUT2D eigenvalue weighted by Gasteiger charge is 2.43. The van der Waals surface area contributed by atoms with Gasteiger partial charge in [0.15, 0.2) is 0 Å². The molecule has 15 heavy (non-hydrogen) atoms. The van der Waals surface area contributed by atoms with Gasteiger partial charge < -0.3 is 4.74 Å². The second kappa shape index (κ2) is 4.21. The van der Waals surface area contributed by atoms with E-state index in [0.29, 0.717) is 5.57 Å². The molecule has 0 aromatic carbocycles. The van der Waals surface area contributed by atoms with Crippen LogP contribution in [0.4, 0.5) is 0 Å². The lowest BCUT2D eigenvalue weighted by Crippen LogP contribution is -2.39. The highest BCUT2D eigenvalue weighted by atomic mass is 16.6. The molecule has 0 amide bonds. The van der Waals surface area contributed by atoms with E-state index in [2.05, 4.69) is 27.0 Å². The fourth-order valence-corrected chi connectivity index (χ4v) is 2.14. The number of esters is 1. The highest BCUT2D eigenvalue weighted by molar-refractivity contribution is 5.87. The van der Waals surface area contributed by atoms with E-state index in [1.165, 1.54) is 0 Å². The van der Waals surface area contributed by atoms with Gasteiger partial charge in [-0.25, -0.2) is 4.79 Å². The Hall–Kier alpha value is -1.05. The number of carbonyl (C=O) groups is 1. The molecule has 2 nitrogen and oxygen atoms in total. The summed E-state index contributed by atoms with van der Waals surface area (Å²) >= 11 is 0. The van der Waals surface area contributed by atoms with E-state index in [0.717, 1.165) is 24.8 Å². The average molecular weight is 208 g/mol. The zero-order chi connectivity index (χ0) is 11.6. The molecule has 1 rings (SSSR count). The molecule has 0 saturated heterocycles. The van der Waals surface area contributed by atoms with Crippen molar-refractivity contribution in [1.29, 1.82) is 0 Å². The Kier molecular flexibility index (Phi) is 3.38. The summed E-state index contributed by atoms with van der Waals surface area (Å²) in [6, 6.07) is 0. The molecule has 1 fully saturated rings. The van der Waals surface area contributed by atoms with Crippen molar-refractivity contribution in [3.63, 3.8) is 0 Å². The molecule has 84 valence electrons. The van der Waals surface area contributed by atoms with Crippen LogP contribution in [-0.2, 0) is 9.53 Å². The molecular weight excluding hydrogens is 188 g/mol. The fourth-order valence-electron chi connectivity index (χ4n) is 2.14. The molecule has 0 heterocycles. The molecule has 2 heteroatoms. The Morgan fingerprint density at radius 3 is 2.47 bits per heavy atom. The van der Waals surface area contributed by atoms with Crippen LogP contribution in [0.25, 0.3) is 0 Å². The van der Waals surface area contributed by atoms with E-state index in [1.807, 2.05) is 0 Å². The quantitative estimate of drug-likeness (QED) is 0.404. The summed E-state index contributed by atoms with van der Waals surface area (Å²) in [7, 11) is 0. The molecule has 0 N–H and O–H groups in total. The Morgan fingerprint density at radius 2 is 2.13 bits per heavy atom. The standard InChI is InChI=1S/C13H20O2/c1-9(2)12(14)15-13(10(3)4)8-6-7-11(13)5/h10H,1,5-8H2,2-4H3. The zero-order valence-electron chi connectivity index (χ0n) is 9.93. The minimum absolute atomic E-state index is 0.274. The number of carbonyl (C=O) groups excluding carboxylic acids is 1. The second-order valence-corrected chi connectivity index (χ2v) is 4.67. The van der Waals surface area contributed by atoms with Crippen molar-refractivity contribution in [2.24, 2.45) is 5.92 Å². The van der Waals surface area contributed by atoms with E-state index < -0.39 is 5.60 Å². The van der Waals surface area contributed by atoms with E-state index >= 15 is 0 Å². The Labute approximate surface area is 92.0 Å². The van der Waals surface area contributed by atoms with Crippen molar-refractivity contribution in [2.75, 3.05) is 0 Å². The topological polar surface area (TPSA) is 26.3 Å². The van der Waals surface area contributed by atoms with Gasteiger partial charge in [0.1, 0.15) is 5.60 Å². The van der Waals surface area contributed by atoms with Gasteiger partial charge in [-0.3, -0.25) is 0 Å². The predicted octanol–water partition coefficient (Wildman–Crippen LogP) is 3.24. The maximum absolute atomic E-state index is 11.6. The van der Waals surface area contributed by atoms with Gasteiger partial charge in [0.25, 0.3) is 0 Å². The predicted molar refractivity (Wildman–Crippen MR) is 61.5 cm³/mol. The maximum atomic E-state index is 11.6. The van der Waals surface area contributed by atoms with Crippen LogP contribution in [0.1, 0.15) is 40.0 Å². The van der Waals surface area contributed by atoms with Crippen molar-refractivity contribution in [1.82, 2.24) is 0 Å².